The number of hydrogen-bond acceptors (Lipinski definition) is 14. The average molecular weight is 1410 g/mol. The highest BCUT2D eigenvalue weighted by Gasteiger charge is 2.45. The zero-order valence-electron chi connectivity index (χ0n) is 55.3. The van der Waals surface area contributed by atoms with Gasteiger partial charge in [-0.2, -0.15) is 39.3 Å². The topological polar surface area (TPSA) is 281 Å². The van der Waals surface area contributed by atoms with Crippen LogP contribution in [0.15, 0.2) is 132 Å². The molecule has 5 N–H and O–H groups in total. The number of halogens is 6. The van der Waals surface area contributed by atoms with Crippen molar-refractivity contribution in [3.05, 3.63) is 144 Å². The maximum Gasteiger partial charge on any atom is 0.490 e. The number of rotatable bonds is 25. The molecule has 0 aliphatic carbocycles. The van der Waals surface area contributed by atoms with Crippen LogP contribution in [0, 0.1) is 5.92 Å². The van der Waals surface area contributed by atoms with Gasteiger partial charge in [0.25, 0.3) is 16.0 Å². The van der Waals surface area contributed by atoms with Crippen molar-refractivity contribution in [1.29, 1.82) is 0 Å². The summed E-state index contributed by atoms with van der Waals surface area (Å²) >= 11 is 0. The Labute approximate surface area is 568 Å². The van der Waals surface area contributed by atoms with E-state index >= 15 is 0 Å². The lowest BCUT2D eigenvalue weighted by atomic mass is 9.81. The van der Waals surface area contributed by atoms with E-state index in [9.17, 15) is 66.7 Å². The molecule has 4 aromatic carbocycles. The third-order valence-electron chi connectivity index (χ3n) is 18.1. The van der Waals surface area contributed by atoms with E-state index in [1.807, 2.05) is 92.7 Å². The van der Waals surface area contributed by atoms with Crippen molar-refractivity contribution in [3.63, 3.8) is 0 Å². The van der Waals surface area contributed by atoms with Crippen molar-refractivity contribution in [2.24, 2.45) is 5.92 Å². The Bertz CT molecular complexity index is 3840. The summed E-state index contributed by atoms with van der Waals surface area (Å²) in [5.74, 6) is -5.43. The highest BCUT2D eigenvalue weighted by atomic mass is 32.2. The molecule has 0 unspecified atom stereocenters. The molecule has 3 amide bonds. The largest absolute Gasteiger partial charge is 0.748 e. The smallest absolute Gasteiger partial charge is 0.490 e. The lowest BCUT2D eigenvalue weighted by Gasteiger charge is -2.35. The number of carboxylic acids is 2. The van der Waals surface area contributed by atoms with E-state index in [1.54, 1.807) is 23.1 Å². The molecule has 534 valence electrons. The van der Waals surface area contributed by atoms with Gasteiger partial charge in [-0.05, 0) is 132 Å². The number of amides is 3. The second-order valence-electron chi connectivity index (χ2n) is 25.8. The summed E-state index contributed by atoms with van der Waals surface area (Å²) in [6.07, 6.45) is 9.27. The summed E-state index contributed by atoms with van der Waals surface area (Å²) in [4.78, 5) is 68.8. The number of piperidine rings is 1. The van der Waals surface area contributed by atoms with Crippen LogP contribution in [0.2, 0.25) is 0 Å². The minimum Gasteiger partial charge on any atom is -0.748 e. The maximum absolute atomic E-state index is 13.9. The van der Waals surface area contributed by atoms with E-state index in [0.717, 1.165) is 113 Å². The number of allylic oxidation sites excluding steroid dienone is 6. The molecule has 0 saturated carbocycles. The molecule has 0 spiro atoms. The van der Waals surface area contributed by atoms with Gasteiger partial charge in [-0.1, -0.05) is 93.8 Å². The second kappa shape index (κ2) is 33.8. The van der Waals surface area contributed by atoms with Crippen LogP contribution in [-0.2, 0) is 50.2 Å². The molecule has 4 aromatic rings. The second-order valence-corrected chi connectivity index (χ2v) is 28.7. The van der Waals surface area contributed by atoms with Gasteiger partial charge < -0.3 is 35.2 Å². The number of benzene rings is 4. The molecule has 21 nitrogen and oxygen atoms in total. The van der Waals surface area contributed by atoms with Crippen molar-refractivity contribution < 1.29 is 91.0 Å². The molecule has 2 saturated heterocycles. The first-order valence-corrected chi connectivity index (χ1v) is 35.6. The van der Waals surface area contributed by atoms with Crippen molar-refractivity contribution in [3.8, 4) is 0 Å². The van der Waals surface area contributed by atoms with E-state index in [-0.39, 0.29) is 40.2 Å². The number of carboxylic acid groups (broad SMARTS) is 2. The summed E-state index contributed by atoms with van der Waals surface area (Å²) in [5.41, 5.74) is 7.45. The maximum atomic E-state index is 13.9. The number of aliphatic carboxylic acids is 2. The normalized spacial score (nSPS) is 17.9. The Morgan fingerprint density at radius 3 is 1.92 bits per heavy atom. The van der Waals surface area contributed by atoms with Gasteiger partial charge in [0, 0.05) is 98.9 Å². The predicted octanol–water partition coefficient (Wildman–Crippen LogP) is 10.8. The fourth-order valence-electron chi connectivity index (χ4n) is 12.9. The summed E-state index contributed by atoms with van der Waals surface area (Å²) in [7, 11) is -8.71. The minimum absolute atomic E-state index is 0.0336. The van der Waals surface area contributed by atoms with Gasteiger partial charge >= 0.3 is 24.3 Å². The molecule has 98 heavy (non-hydrogen) atoms. The quantitative estimate of drug-likeness (QED) is 0.0136. The van der Waals surface area contributed by atoms with Crippen LogP contribution in [0.5, 0.6) is 0 Å². The van der Waals surface area contributed by atoms with Gasteiger partial charge in [-0.3, -0.25) is 33.6 Å². The van der Waals surface area contributed by atoms with Gasteiger partial charge in [-0.25, -0.2) is 18.0 Å². The fraction of sp³-hybridized carbons (Fsp3) is 0.478. The lowest BCUT2D eigenvalue weighted by Crippen LogP contribution is -2.48. The van der Waals surface area contributed by atoms with Crippen molar-refractivity contribution in [2.45, 2.75) is 126 Å². The van der Waals surface area contributed by atoms with Gasteiger partial charge in [0.15, 0.2) is 5.71 Å². The number of nitrogens with zero attached hydrogens (tertiary/aromatic N) is 6. The van der Waals surface area contributed by atoms with Crippen LogP contribution in [0.1, 0.15) is 120 Å². The van der Waals surface area contributed by atoms with Gasteiger partial charge in [-0.15, -0.1) is 0 Å². The Kier molecular flexibility index (Phi) is 26.8. The van der Waals surface area contributed by atoms with Gasteiger partial charge in [0.05, 0.1) is 49.6 Å². The summed E-state index contributed by atoms with van der Waals surface area (Å²) in [6, 6.07) is 27.7. The molecule has 2 fully saturated rings. The molecule has 5 aliphatic heterocycles. The Morgan fingerprint density at radius 2 is 1.28 bits per heavy atom. The third-order valence-corrected chi connectivity index (χ3v) is 19.8. The van der Waals surface area contributed by atoms with Crippen LogP contribution >= 0.6 is 0 Å². The number of carbonyl (C=O) groups is 5. The molecule has 0 radical (unpaired) electrons. The summed E-state index contributed by atoms with van der Waals surface area (Å²) < 4.78 is 134. The van der Waals surface area contributed by atoms with E-state index in [2.05, 4.69) is 66.9 Å². The zero-order chi connectivity index (χ0) is 71.8. The highest BCUT2D eigenvalue weighted by Crippen LogP contribution is 2.49. The Hall–Kier alpha value is -7.80. The lowest BCUT2D eigenvalue weighted by molar-refractivity contribution is -0.438. The molecular formula is C69H86F6N8O13S2. The average Bonchev–Trinajstić information content (AvgIpc) is 1.59. The van der Waals surface area contributed by atoms with Crippen LogP contribution in [0.3, 0.4) is 0 Å². The van der Waals surface area contributed by atoms with Crippen molar-refractivity contribution in [1.82, 2.24) is 20.0 Å². The SMILES string of the molecule is CC1(C)C(/C=C/C=C/C=C2/N(CCCCCC(=O)NCCN3CCN(CCCCC4CCN(CC(=O)N5c6ccccc6NC(=O)c6ccccc65)CC4)CC3)c3ccc(S(=O)(=O)O)cc3C2(C)C)=[N+](CCCCS(=O)(=O)[O-])c2ccccc21.O=C(O)C(F)(F)F.O=C(O)C(F)(F)F. The van der Waals surface area contributed by atoms with E-state index in [0.29, 0.717) is 67.6 Å². The number of hydrogen-bond donors (Lipinski definition) is 5. The van der Waals surface area contributed by atoms with Crippen molar-refractivity contribution in [2.75, 3.05) is 99.4 Å². The Balaban J connectivity index is 0.000000871. The van der Waals surface area contributed by atoms with Crippen LogP contribution in [0.4, 0.5) is 54.8 Å². The summed E-state index contributed by atoms with van der Waals surface area (Å²) in [5, 5.41) is 20.4. The monoisotopic (exact) mass is 1410 g/mol. The number of nitrogens with one attached hydrogen (secondary N) is 2. The van der Waals surface area contributed by atoms with Crippen LogP contribution < -0.4 is 20.4 Å². The minimum atomic E-state index is -5.08. The van der Waals surface area contributed by atoms with E-state index in [4.69, 9.17) is 19.8 Å². The van der Waals surface area contributed by atoms with Crippen molar-refractivity contribution >= 4 is 84.0 Å². The standard InChI is InChI=1S/C65H84N8O9S2.2C2HF3O2/c1-64(2)52-23-11-14-26-56(52)71(38-19-20-46-83(77,78)79)59(64)28-7-5-8-29-60-65(3,4)53-47-50(84(80,81)82)31-32-57(53)72(60)37-17-6-9-30-61(74)66-35-41-69-44-42-68(43-45-69)36-18-16-21-49-33-39-70(40-34-49)48-62(75)73-55-25-13-10-22-51(55)63(76)67-54-24-12-15-27-58(54)73;2*3-2(4,5)1(6)7/h5,7-8,10-15,22-29,31-32,47,49H,6,9,16-21,30,33-46,48H2,1-4H3,(H3-,66,67,74,76,77,78,79,80,81,82);2*(H,6,7). The number of likely N-dealkylation sites (tertiary alicyclic amines) is 1. The van der Waals surface area contributed by atoms with Crippen LogP contribution in [0.25, 0.3) is 0 Å². The number of carbonyl (C=O) groups excluding carboxylic acids is 3. The molecule has 29 heteroatoms. The zero-order valence-corrected chi connectivity index (χ0v) is 56.9. The van der Waals surface area contributed by atoms with Gasteiger partial charge in [0.1, 0.15) is 6.54 Å². The van der Waals surface area contributed by atoms with Gasteiger partial charge in [0.2, 0.25) is 17.5 Å². The number of piperazine rings is 1. The van der Waals surface area contributed by atoms with Crippen LogP contribution in [-0.4, -0.2) is 187 Å². The number of anilines is 4. The number of para-hydroxylation sites is 4. The molecule has 9 rings (SSSR count). The molecule has 0 atom stereocenters. The number of fused-ring (bicyclic) bond motifs is 4. The predicted molar refractivity (Wildman–Crippen MR) is 359 cm³/mol. The third kappa shape index (κ3) is 21.4. The van der Waals surface area contributed by atoms with E-state index < -0.39 is 49.9 Å². The highest BCUT2D eigenvalue weighted by molar-refractivity contribution is 7.86. The molecular weight excluding hydrogens is 1330 g/mol. The first-order chi connectivity index (χ1) is 46.1. The molecule has 5 heterocycles. The first-order valence-electron chi connectivity index (χ1n) is 32.6. The fourth-order valence-corrected chi connectivity index (χ4v) is 14.0. The molecule has 0 bridgehead atoms. The van der Waals surface area contributed by atoms with E-state index in [1.165, 1.54) is 30.9 Å². The number of alkyl halides is 6. The Morgan fingerprint density at radius 1 is 0.673 bits per heavy atom. The summed E-state index contributed by atoms with van der Waals surface area (Å²) in [6.45, 7) is 18.3. The number of unbranched alkanes of at least 4 members (excludes halogenated alkanes) is 4. The molecule has 0 aromatic heterocycles. The first kappa shape index (κ1) is 77.6. The molecule has 5 aliphatic rings.